The van der Waals surface area contributed by atoms with Gasteiger partial charge in [-0.15, -0.1) is 0 Å². The van der Waals surface area contributed by atoms with Crippen molar-refractivity contribution in [2.24, 2.45) is 0 Å². The highest BCUT2D eigenvalue weighted by molar-refractivity contribution is 5.81. The molecule has 1 aromatic carbocycles. The van der Waals surface area contributed by atoms with Crippen LogP contribution in [0.4, 0.5) is 0 Å². The zero-order valence-corrected chi connectivity index (χ0v) is 7.53. The Balaban J connectivity index is 3.28. The normalized spacial score (nSPS) is 9.38. The van der Waals surface area contributed by atoms with Crippen molar-refractivity contribution >= 4 is 12.8 Å². The Bertz CT molecular complexity index is 342. The van der Waals surface area contributed by atoms with Gasteiger partial charge in [-0.3, -0.25) is 9.59 Å². The lowest BCUT2D eigenvalue weighted by Crippen LogP contribution is -1.97. The zero-order chi connectivity index (χ0) is 9.84. The Morgan fingerprint density at radius 2 is 1.92 bits per heavy atom. The van der Waals surface area contributed by atoms with E-state index in [0.29, 0.717) is 24.1 Å². The van der Waals surface area contributed by atoms with E-state index in [1.165, 1.54) is 0 Å². The topological polar surface area (TPSA) is 43.4 Å². The average molecular weight is 178 g/mol. The molecule has 0 aliphatic rings. The van der Waals surface area contributed by atoms with Crippen LogP contribution in [0.5, 0.6) is 5.75 Å². The van der Waals surface area contributed by atoms with Crippen LogP contribution in [-0.4, -0.2) is 12.8 Å². The van der Waals surface area contributed by atoms with E-state index in [1.54, 1.807) is 13.0 Å². The molecule has 0 radical (unpaired) electrons. The summed E-state index contributed by atoms with van der Waals surface area (Å²) in [6, 6.07) is 3.53. The van der Waals surface area contributed by atoms with Gasteiger partial charge in [0.1, 0.15) is 5.75 Å². The molecule has 0 fully saturated rings. The molecule has 13 heavy (non-hydrogen) atoms. The van der Waals surface area contributed by atoms with Crippen LogP contribution in [0.25, 0.3) is 0 Å². The molecule has 1 aromatic rings. The molecule has 0 amide bonds. The lowest BCUT2D eigenvalue weighted by atomic mass is 10.1. The van der Waals surface area contributed by atoms with Gasteiger partial charge in [-0.05, 0) is 31.0 Å². The van der Waals surface area contributed by atoms with Crippen LogP contribution in [0.15, 0.2) is 12.1 Å². The van der Waals surface area contributed by atoms with Crippen molar-refractivity contribution < 1.29 is 14.3 Å². The summed E-state index contributed by atoms with van der Waals surface area (Å²) in [5.41, 5.74) is 2.16. The lowest BCUT2D eigenvalue weighted by Gasteiger charge is -2.06. The van der Waals surface area contributed by atoms with Crippen molar-refractivity contribution in [3.8, 4) is 5.75 Å². The Hall–Kier alpha value is -1.64. The Labute approximate surface area is 76.3 Å². The van der Waals surface area contributed by atoms with Gasteiger partial charge in [0.25, 0.3) is 6.47 Å². The zero-order valence-electron chi connectivity index (χ0n) is 7.53. The highest BCUT2D eigenvalue weighted by Gasteiger charge is 2.06. The van der Waals surface area contributed by atoms with Gasteiger partial charge in [-0.1, -0.05) is 6.07 Å². The number of rotatable bonds is 3. The first kappa shape index (κ1) is 9.45. The van der Waals surface area contributed by atoms with Crippen molar-refractivity contribution in [1.29, 1.82) is 0 Å². The fraction of sp³-hybridized carbons (Fsp3) is 0.200. The molecule has 0 aliphatic heterocycles. The Morgan fingerprint density at radius 1 is 1.23 bits per heavy atom. The summed E-state index contributed by atoms with van der Waals surface area (Å²) in [7, 11) is 0. The van der Waals surface area contributed by atoms with E-state index in [4.69, 9.17) is 4.74 Å². The molecular weight excluding hydrogens is 168 g/mol. The third-order valence-electron chi connectivity index (χ3n) is 1.74. The van der Waals surface area contributed by atoms with Crippen molar-refractivity contribution in [2.75, 3.05) is 0 Å². The maximum atomic E-state index is 10.6. The van der Waals surface area contributed by atoms with Gasteiger partial charge in [0.05, 0.1) is 5.56 Å². The molecule has 3 heteroatoms. The quantitative estimate of drug-likeness (QED) is 0.661. The number of hydrogen-bond donors (Lipinski definition) is 0. The monoisotopic (exact) mass is 178 g/mol. The van der Waals surface area contributed by atoms with Crippen LogP contribution in [0, 0.1) is 13.8 Å². The minimum atomic E-state index is 0.324. The lowest BCUT2D eigenvalue weighted by molar-refractivity contribution is -0.120. The van der Waals surface area contributed by atoms with Gasteiger partial charge in [0.2, 0.25) is 0 Å². The summed E-state index contributed by atoms with van der Waals surface area (Å²) in [5.74, 6) is 0.343. The second kappa shape index (κ2) is 3.85. The largest absolute Gasteiger partial charge is 0.428 e. The fourth-order valence-corrected chi connectivity index (χ4v) is 1.28. The third-order valence-corrected chi connectivity index (χ3v) is 1.74. The number of benzene rings is 1. The van der Waals surface area contributed by atoms with Crippen LogP contribution < -0.4 is 4.74 Å². The van der Waals surface area contributed by atoms with Crippen LogP contribution >= 0.6 is 0 Å². The minimum absolute atomic E-state index is 0.324. The molecule has 68 valence electrons. The van der Waals surface area contributed by atoms with Crippen LogP contribution in [0.3, 0.4) is 0 Å². The maximum absolute atomic E-state index is 10.6. The van der Waals surface area contributed by atoms with E-state index in [-0.39, 0.29) is 0 Å². The molecule has 0 saturated heterocycles. The number of hydrogen-bond acceptors (Lipinski definition) is 3. The van der Waals surface area contributed by atoms with Crippen LogP contribution in [0.2, 0.25) is 0 Å². The van der Waals surface area contributed by atoms with Gasteiger partial charge in [0, 0.05) is 0 Å². The first-order valence-electron chi connectivity index (χ1n) is 3.85. The molecule has 3 nitrogen and oxygen atoms in total. The van der Waals surface area contributed by atoms with Crippen molar-refractivity contribution in [3.05, 3.63) is 28.8 Å². The molecule has 0 atom stereocenters. The van der Waals surface area contributed by atoms with Crippen LogP contribution in [-0.2, 0) is 4.79 Å². The summed E-state index contributed by atoms with van der Waals surface area (Å²) in [6.45, 7) is 3.99. The fourth-order valence-electron chi connectivity index (χ4n) is 1.28. The van der Waals surface area contributed by atoms with Crippen molar-refractivity contribution in [1.82, 2.24) is 0 Å². The summed E-state index contributed by atoms with van der Waals surface area (Å²) in [6.07, 6.45) is 0.679. The van der Waals surface area contributed by atoms with E-state index in [9.17, 15) is 9.59 Å². The second-order valence-electron chi connectivity index (χ2n) is 2.83. The molecular formula is C10H10O3. The minimum Gasteiger partial charge on any atom is -0.428 e. The molecule has 0 aromatic heterocycles. The van der Waals surface area contributed by atoms with Crippen molar-refractivity contribution in [2.45, 2.75) is 13.8 Å². The number of carbonyl (C=O) groups excluding carboxylic acids is 2. The smallest absolute Gasteiger partial charge is 0.298 e. The highest BCUT2D eigenvalue weighted by atomic mass is 16.5. The first-order valence-corrected chi connectivity index (χ1v) is 3.85. The summed E-state index contributed by atoms with van der Waals surface area (Å²) in [4.78, 5) is 20.8. The molecule has 0 N–H and O–H groups in total. The number of carbonyl (C=O) groups is 2. The van der Waals surface area contributed by atoms with E-state index < -0.39 is 0 Å². The van der Waals surface area contributed by atoms with Crippen molar-refractivity contribution in [3.63, 3.8) is 0 Å². The predicted molar refractivity (Wildman–Crippen MR) is 48.0 cm³/mol. The average Bonchev–Trinajstić information content (AvgIpc) is 2.09. The van der Waals surface area contributed by atoms with Crippen LogP contribution in [0.1, 0.15) is 21.5 Å². The predicted octanol–water partition coefficient (Wildman–Crippen LogP) is 1.65. The van der Waals surface area contributed by atoms with E-state index >= 15 is 0 Å². The molecule has 0 bridgehead atoms. The first-order chi connectivity index (χ1) is 6.19. The molecule has 0 spiro atoms. The van der Waals surface area contributed by atoms with Gasteiger partial charge < -0.3 is 4.74 Å². The van der Waals surface area contributed by atoms with E-state index in [0.717, 1.165) is 11.1 Å². The van der Waals surface area contributed by atoms with Gasteiger partial charge in [-0.2, -0.15) is 0 Å². The second-order valence-corrected chi connectivity index (χ2v) is 2.83. The highest BCUT2D eigenvalue weighted by Crippen LogP contribution is 2.23. The number of aldehydes is 1. The Kier molecular flexibility index (Phi) is 2.80. The summed E-state index contributed by atoms with van der Waals surface area (Å²) >= 11 is 0. The van der Waals surface area contributed by atoms with Gasteiger partial charge >= 0.3 is 0 Å². The van der Waals surface area contributed by atoms with Gasteiger partial charge in [-0.25, -0.2) is 0 Å². The summed E-state index contributed by atoms with van der Waals surface area (Å²) in [5, 5.41) is 0. The number of aryl methyl sites for hydroxylation is 2. The molecule has 0 saturated carbocycles. The SMILES string of the molecule is Cc1cc(C)c(OC=O)c(C=O)c1. The van der Waals surface area contributed by atoms with E-state index in [2.05, 4.69) is 0 Å². The maximum Gasteiger partial charge on any atom is 0.298 e. The Morgan fingerprint density at radius 3 is 2.46 bits per heavy atom. The molecule has 0 heterocycles. The van der Waals surface area contributed by atoms with E-state index in [1.807, 2.05) is 13.0 Å². The molecule has 1 rings (SSSR count). The third kappa shape index (κ3) is 1.93. The van der Waals surface area contributed by atoms with Gasteiger partial charge in [0.15, 0.2) is 6.29 Å². The number of ether oxygens (including phenoxy) is 1. The molecule has 0 aliphatic carbocycles. The summed E-state index contributed by atoms with van der Waals surface area (Å²) < 4.78 is 4.70. The standard InChI is InChI=1S/C10H10O3/c1-7-3-8(2)10(13-6-12)9(4-7)5-11/h3-6H,1-2H3. The molecule has 0 unspecified atom stereocenters.